The van der Waals surface area contributed by atoms with E-state index in [2.05, 4.69) is 19.1 Å². The van der Waals surface area contributed by atoms with Crippen molar-refractivity contribution in [3.8, 4) is 0 Å². The normalized spacial score (nSPS) is 22.5. The summed E-state index contributed by atoms with van der Waals surface area (Å²) in [6.45, 7) is 2.36. The van der Waals surface area contributed by atoms with Crippen molar-refractivity contribution in [2.45, 2.75) is 64.7 Å². The summed E-state index contributed by atoms with van der Waals surface area (Å²) in [4.78, 5) is 10.3. The number of hydrogen-bond donors (Lipinski definition) is 2. The van der Waals surface area contributed by atoms with Crippen LogP contribution in [-0.4, -0.2) is 11.1 Å². The molecule has 3 heteroatoms. The lowest BCUT2D eigenvalue weighted by atomic mass is 9.82. The Labute approximate surface area is 111 Å². The van der Waals surface area contributed by atoms with Crippen molar-refractivity contribution in [2.24, 2.45) is 11.8 Å². The maximum Gasteiger partial charge on any atom is 0.303 e. The van der Waals surface area contributed by atoms with E-state index < -0.39 is 5.97 Å². The van der Waals surface area contributed by atoms with Crippen LogP contribution in [0.15, 0.2) is 12.2 Å². The number of carboxylic acid groups (broad SMARTS) is 1. The molecule has 1 rings (SSSR count). The molecule has 0 fully saturated rings. The minimum atomic E-state index is -0.661. The average Bonchev–Trinajstić information content (AvgIpc) is 2.30. The number of allylic oxidation sites excluding steroid dienone is 2. The Morgan fingerprint density at radius 2 is 1.89 bits per heavy atom. The van der Waals surface area contributed by atoms with E-state index in [1.807, 2.05) is 0 Å². The number of rotatable bonds is 8. The van der Waals surface area contributed by atoms with E-state index in [4.69, 9.17) is 5.11 Å². The van der Waals surface area contributed by atoms with Gasteiger partial charge >= 0.3 is 5.97 Å². The van der Waals surface area contributed by atoms with E-state index in [0.717, 1.165) is 24.7 Å². The van der Waals surface area contributed by atoms with Gasteiger partial charge in [-0.05, 0) is 37.5 Å². The van der Waals surface area contributed by atoms with Crippen molar-refractivity contribution in [1.82, 2.24) is 6.15 Å². The zero-order chi connectivity index (χ0) is 12.5. The molecular weight excluding hydrogens is 226 g/mol. The van der Waals surface area contributed by atoms with Crippen molar-refractivity contribution in [2.75, 3.05) is 0 Å². The van der Waals surface area contributed by atoms with Gasteiger partial charge in [0.15, 0.2) is 0 Å². The van der Waals surface area contributed by atoms with E-state index in [1.54, 1.807) is 0 Å². The third kappa shape index (κ3) is 7.49. The summed E-state index contributed by atoms with van der Waals surface area (Å²) in [5, 5.41) is 8.51. The number of aliphatic carboxylic acids is 1. The SMILES string of the molecule is CC1CCC=CC1CCCCCCCC(=O)O.N. The molecule has 106 valence electrons. The van der Waals surface area contributed by atoms with Crippen LogP contribution in [0.2, 0.25) is 0 Å². The summed E-state index contributed by atoms with van der Waals surface area (Å²) in [6, 6.07) is 0. The van der Waals surface area contributed by atoms with Crippen LogP contribution in [0, 0.1) is 11.8 Å². The molecule has 4 N–H and O–H groups in total. The summed E-state index contributed by atoms with van der Waals surface area (Å²) in [7, 11) is 0. The number of carbonyl (C=O) groups is 1. The second-order valence-corrected chi connectivity index (χ2v) is 5.35. The van der Waals surface area contributed by atoms with Gasteiger partial charge in [0.2, 0.25) is 0 Å². The molecule has 2 atom stereocenters. The number of hydrogen-bond acceptors (Lipinski definition) is 2. The Balaban J connectivity index is 0.00000289. The largest absolute Gasteiger partial charge is 0.481 e. The molecule has 3 nitrogen and oxygen atoms in total. The minimum Gasteiger partial charge on any atom is -0.481 e. The Bertz CT molecular complexity index is 251. The monoisotopic (exact) mass is 255 g/mol. The summed E-state index contributed by atoms with van der Waals surface area (Å²) < 4.78 is 0. The topological polar surface area (TPSA) is 72.3 Å². The van der Waals surface area contributed by atoms with Gasteiger partial charge < -0.3 is 11.3 Å². The van der Waals surface area contributed by atoms with Crippen molar-refractivity contribution < 1.29 is 9.90 Å². The molecule has 0 aromatic heterocycles. The third-order valence-corrected chi connectivity index (χ3v) is 3.83. The third-order valence-electron chi connectivity index (χ3n) is 3.83. The lowest BCUT2D eigenvalue weighted by Crippen LogP contribution is -2.12. The van der Waals surface area contributed by atoms with Gasteiger partial charge in [0, 0.05) is 6.42 Å². The lowest BCUT2D eigenvalue weighted by Gasteiger charge is -2.23. The molecule has 0 radical (unpaired) electrons. The molecule has 2 unspecified atom stereocenters. The standard InChI is InChI=1S/C15H26O2.H3N/c1-13-9-7-8-11-14(13)10-5-3-2-4-6-12-15(16)17;/h8,11,13-14H,2-7,9-10,12H2,1H3,(H,16,17);1H3. The molecule has 1 aliphatic rings. The van der Waals surface area contributed by atoms with Gasteiger partial charge in [-0.1, -0.05) is 44.8 Å². The number of carboxylic acids is 1. The first-order valence-corrected chi connectivity index (χ1v) is 7.08. The van der Waals surface area contributed by atoms with Crippen LogP contribution in [-0.2, 0) is 4.79 Å². The molecular formula is C15H29NO2. The quantitative estimate of drug-likeness (QED) is 0.493. The Kier molecular flexibility index (Phi) is 9.66. The highest BCUT2D eigenvalue weighted by Crippen LogP contribution is 2.28. The van der Waals surface area contributed by atoms with Crippen molar-refractivity contribution in [3.63, 3.8) is 0 Å². The van der Waals surface area contributed by atoms with Crippen LogP contribution in [0.3, 0.4) is 0 Å². The molecule has 18 heavy (non-hydrogen) atoms. The molecule has 0 bridgehead atoms. The predicted molar refractivity (Wildman–Crippen MR) is 76.0 cm³/mol. The van der Waals surface area contributed by atoms with Crippen LogP contribution in [0.5, 0.6) is 0 Å². The van der Waals surface area contributed by atoms with Gasteiger partial charge in [0.25, 0.3) is 0 Å². The molecule has 0 saturated heterocycles. The van der Waals surface area contributed by atoms with Gasteiger partial charge in [-0.15, -0.1) is 0 Å². The van der Waals surface area contributed by atoms with Gasteiger partial charge in [0.05, 0.1) is 0 Å². The van der Waals surface area contributed by atoms with E-state index in [0.29, 0.717) is 6.42 Å². The fraction of sp³-hybridized carbons (Fsp3) is 0.800. The first kappa shape index (κ1) is 17.2. The highest BCUT2D eigenvalue weighted by molar-refractivity contribution is 5.66. The Hall–Kier alpha value is -0.830. The molecule has 0 amide bonds. The minimum absolute atomic E-state index is 0. The van der Waals surface area contributed by atoms with E-state index in [1.165, 1.54) is 38.5 Å². The fourth-order valence-corrected chi connectivity index (χ4v) is 2.60. The molecule has 0 aliphatic heterocycles. The molecule has 0 aromatic rings. The first-order valence-electron chi connectivity index (χ1n) is 7.08. The maximum atomic E-state index is 10.3. The van der Waals surface area contributed by atoms with E-state index >= 15 is 0 Å². The van der Waals surface area contributed by atoms with Gasteiger partial charge in [-0.3, -0.25) is 4.79 Å². The second-order valence-electron chi connectivity index (χ2n) is 5.35. The first-order chi connectivity index (χ1) is 8.20. The molecule has 0 aromatic carbocycles. The summed E-state index contributed by atoms with van der Waals surface area (Å²) >= 11 is 0. The maximum absolute atomic E-state index is 10.3. The van der Waals surface area contributed by atoms with Crippen molar-refractivity contribution >= 4 is 5.97 Å². The average molecular weight is 255 g/mol. The summed E-state index contributed by atoms with van der Waals surface area (Å²) in [5.41, 5.74) is 0. The van der Waals surface area contributed by atoms with Crippen LogP contribution < -0.4 is 6.15 Å². The van der Waals surface area contributed by atoms with Crippen LogP contribution in [0.1, 0.15) is 64.7 Å². The Morgan fingerprint density at radius 3 is 2.56 bits per heavy atom. The predicted octanol–water partition coefficient (Wildman–Crippen LogP) is 4.57. The highest BCUT2D eigenvalue weighted by Gasteiger charge is 2.16. The van der Waals surface area contributed by atoms with E-state index in [-0.39, 0.29) is 6.15 Å². The fourth-order valence-electron chi connectivity index (χ4n) is 2.60. The van der Waals surface area contributed by atoms with Gasteiger partial charge in [0.1, 0.15) is 0 Å². The summed E-state index contributed by atoms with van der Waals surface area (Å²) in [5.74, 6) is 0.987. The molecule has 0 heterocycles. The molecule has 0 saturated carbocycles. The smallest absolute Gasteiger partial charge is 0.303 e. The summed E-state index contributed by atoms with van der Waals surface area (Å²) in [6.07, 6.45) is 14.7. The second kappa shape index (κ2) is 10.1. The van der Waals surface area contributed by atoms with Crippen LogP contribution >= 0.6 is 0 Å². The van der Waals surface area contributed by atoms with Gasteiger partial charge in [-0.2, -0.15) is 0 Å². The van der Waals surface area contributed by atoms with Crippen molar-refractivity contribution in [1.29, 1.82) is 0 Å². The molecule has 0 spiro atoms. The van der Waals surface area contributed by atoms with Gasteiger partial charge in [-0.25, -0.2) is 0 Å². The van der Waals surface area contributed by atoms with Crippen molar-refractivity contribution in [3.05, 3.63) is 12.2 Å². The van der Waals surface area contributed by atoms with Crippen LogP contribution in [0.4, 0.5) is 0 Å². The number of unbranched alkanes of at least 4 members (excludes halogenated alkanes) is 4. The molecule has 1 aliphatic carbocycles. The lowest BCUT2D eigenvalue weighted by molar-refractivity contribution is -0.137. The van der Waals surface area contributed by atoms with E-state index in [9.17, 15) is 4.79 Å². The zero-order valence-electron chi connectivity index (χ0n) is 11.7. The zero-order valence-corrected chi connectivity index (χ0v) is 11.7. The van der Waals surface area contributed by atoms with Crippen LogP contribution in [0.25, 0.3) is 0 Å². The highest BCUT2D eigenvalue weighted by atomic mass is 16.4. The Morgan fingerprint density at radius 1 is 1.22 bits per heavy atom.